The first kappa shape index (κ1) is 34.4. The molecule has 0 saturated heterocycles. The predicted molar refractivity (Wildman–Crippen MR) is 130 cm³/mol. The van der Waals surface area contributed by atoms with Crippen molar-refractivity contribution in [1.29, 1.82) is 0 Å². The molecule has 0 spiro atoms. The van der Waals surface area contributed by atoms with E-state index < -0.39 is 21.0 Å². The number of likely N-dealkylation sites (N-methyl/N-ethyl adjacent to an activating group) is 1. The number of aliphatic hydroxyl groups is 2. The van der Waals surface area contributed by atoms with Crippen molar-refractivity contribution in [3.63, 3.8) is 0 Å². The van der Waals surface area contributed by atoms with Crippen LogP contribution in [0.25, 0.3) is 0 Å². The number of aliphatic carboxylic acids is 1. The molecule has 0 heterocycles. The lowest BCUT2D eigenvalue weighted by Crippen LogP contribution is -2.54. The molecule has 33 heavy (non-hydrogen) atoms. The molecule has 0 amide bonds. The van der Waals surface area contributed by atoms with E-state index in [0.29, 0.717) is 17.3 Å². The van der Waals surface area contributed by atoms with E-state index >= 15 is 0 Å². The Morgan fingerprint density at radius 1 is 0.879 bits per heavy atom. The molecular formula is C23H50N2O7S. The Morgan fingerprint density at radius 3 is 1.55 bits per heavy atom. The van der Waals surface area contributed by atoms with Crippen LogP contribution in [0.15, 0.2) is 0 Å². The molecule has 0 saturated carbocycles. The molecule has 1 atom stereocenters. The summed E-state index contributed by atoms with van der Waals surface area (Å²) in [6.07, 6.45) is 11.8. The lowest BCUT2D eigenvalue weighted by atomic mass is 10.0. The van der Waals surface area contributed by atoms with Crippen molar-refractivity contribution < 1.29 is 37.6 Å². The van der Waals surface area contributed by atoms with Gasteiger partial charge >= 0.3 is 0 Å². The number of quaternary nitrogens is 1. The molecule has 0 aromatic rings. The zero-order valence-electron chi connectivity index (χ0n) is 21.6. The standard InChI is InChI=1S/C18H39NO5S.C5H11NO2/c1-3-4-5-6-7-8-9-10-11-12-13-18(2,25(22,23)24)19(14-16-20)15-17-21;1-6(2,3)4-5(7)8/h20-21H,3-17H2,1-2H3,(H,22,23,24);4H2,1-3H3. The SMILES string of the molecule is CCCCCCCCCCCCC(C)(N(CCO)CCO)S(=O)(=O)O.C[N+](C)(C)CC(=O)[O-]. The third-order valence-electron chi connectivity index (χ3n) is 5.56. The molecule has 3 N–H and O–H groups in total. The maximum absolute atomic E-state index is 11.9. The van der Waals surface area contributed by atoms with Crippen molar-refractivity contribution in [2.45, 2.75) is 89.3 Å². The molecule has 0 aliphatic carbocycles. The van der Waals surface area contributed by atoms with Crippen LogP contribution in [0.4, 0.5) is 0 Å². The second kappa shape index (κ2) is 18.5. The number of aliphatic hydroxyl groups excluding tert-OH is 2. The third-order valence-corrected chi connectivity index (χ3v) is 7.14. The average molecular weight is 499 g/mol. The Hall–Kier alpha value is -0.780. The average Bonchev–Trinajstić information content (AvgIpc) is 2.66. The van der Waals surface area contributed by atoms with Crippen molar-refractivity contribution >= 4 is 16.1 Å². The van der Waals surface area contributed by atoms with Crippen LogP contribution < -0.4 is 5.11 Å². The Morgan fingerprint density at radius 2 is 1.27 bits per heavy atom. The van der Waals surface area contributed by atoms with Gasteiger partial charge in [-0.05, 0) is 13.3 Å². The van der Waals surface area contributed by atoms with Crippen LogP contribution in [0.3, 0.4) is 0 Å². The van der Waals surface area contributed by atoms with Gasteiger partial charge in [0.2, 0.25) is 0 Å². The number of carboxylic acid groups (broad SMARTS) is 1. The molecule has 1 unspecified atom stereocenters. The number of rotatable bonds is 19. The van der Waals surface area contributed by atoms with Crippen LogP contribution in [0.2, 0.25) is 0 Å². The van der Waals surface area contributed by atoms with Gasteiger partial charge in [-0.15, -0.1) is 0 Å². The van der Waals surface area contributed by atoms with E-state index in [0.717, 1.165) is 19.3 Å². The zero-order valence-corrected chi connectivity index (χ0v) is 22.4. The number of hydrogen-bond donors (Lipinski definition) is 3. The number of carboxylic acids is 1. The number of carbonyl (C=O) groups excluding carboxylic acids is 1. The highest BCUT2D eigenvalue weighted by atomic mass is 32.2. The van der Waals surface area contributed by atoms with E-state index in [1.807, 2.05) is 0 Å². The molecule has 0 aliphatic heterocycles. The van der Waals surface area contributed by atoms with Crippen molar-refractivity contribution in [3.8, 4) is 0 Å². The lowest BCUT2D eigenvalue weighted by Gasteiger charge is -2.38. The zero-order chi connectivity index (χ0) is 26.0. The third kappa shape index (κ3) is 18.2. The molecule has 9 nitrogen and oxygen atoms in total. The molecule has 0 radical (unpaired) electrons. The van der Waals surface area contributed by atoms with Gasteiger partial charge in [0.25, 0.3) is 10.1 Å². The summed E-state index contributed by atoms with van der Waals surface area (Å²) in [5, 5.41) is 28.2. The quantitative estimate of drug-likeness (QED) is 0.139. The van der Waals surface area contributed by atoms with Crippen LogP contribution in [-0.2, 0) is 14.9 Å². The molecule has 0 aromatic carbocycles. The highest BCUT2D eigenvalue weighted by Crippen LogP contribution is 2.28. The Kier molecular flexibility index (Phi) is 19.3. The molecule has 0 bridgehead atoms. The van der Waals surface area contributed by atoms with Gasteiger partial charge in [0.05, 0.1) is 40.3 Å². The summed E-state index contributed by atoms with van der Waals surface area (Å²) in [4.78, 5) is 9.88. The number of hydrogen-bond acceptors (Lipinski definition) is 7. The first-order valence-corrected chi connectivity index (χ1v) is 13.6. The van der Waals surface area contributed by atoms with Gasteiger partial charge < -0.3 is 24.6 Å². The maximum Gasteiger partial charge on any atom is 0.283 e. The van der Waals surface area contributed by atoms with Gasteiger partial charge in [0, 0.05) is 13.1 Å². The summed E-state index contributed by atoms with van der Waals surface area (Å²) in [6, 6.07) is 0. The predicted octanol–water partition coefficient (Wildman–Crippen LogP) is 1.63. The minimum atomic E-state index is -4.31. The Bertz CT molecular complexity index is 588. The van der Waals surface area contributed by atoms with Crippen molar-refractivity contribution in [2.24, 2.45) is 0 Å². The molecule has 10 heteroatoms. The van der Waals surface area contributed by atoms with Gasteiger partial charge in [0.1, 0.15) is 11.4 Å². The minimum Gasteiger partial charge on any atom is -0.544 e. The first-order valence-electron chi connectivity index (χ1n) is 12.2. The normalized spacial score (nSPS) is 14.0. The molecule has 0 aromatic heterocycles. The van der Waals surface area contributed by atoms with E-state index in [4.69, 9.17) is 10.2 Å². The summed E-state index contributed by atoms with van der Waals surface area (Å²) < 4.78 is 33.9. The lowest BCUT2D eigenvalue weighted by molar-refractivity contribution is -0.864. The molecule has 0 rings (SSSR count). The Balaban J connectivity index is 0. The fraction of sp³-hybridized carbons (Fsp3) is 0.957. The highest BCUT2D eigenvalue weighted by Gasteiger charge is 2.42. The molecule has 0 aliphatic rings. The second-order valence-electron chi connectivity index (χ2n) is 9.84. The number of nitrogens with zero attached hydrogens (tertiary/aromatic N) is 2. The largest absolute Gasteiger partial charge is 0.544 e. The second-order valence-corrected chi connectivity index (χ2v) is 11.7. The van der Waals surface area contributed by atoms with Crippen LogP contribution in [-0.4, -0.2) is 97.4 Å². The van der Waals surface area contributed by atoms with E-state index in [2.05, 4.69) is 6.92 Å². The monoisotopic (exact) mass is 498 g/mol. The number of unbranched alkanes of at least 4 members (excludes halogenated alkanes) is 9. The Labute approximate surface area is 202 Å². The van der Waals surface area contributed by atoms with Crippen LogP contribution in [0.5, 0.6) is 0 Å². The topological polar surface area (TPSA) is 138 Å². The maximum atomic E-state index is 11.9. The highest BCUT2D eigenvalue weighted by molar-refractivity contribution is 7.87. The van der Waals surface area contributed by atoms with Crippen LogP contribution in [0.1, 0.15) is 84.5 Å². The summed E-state index contributed by atoms with van der Waals surface area (Å²) >= 11 is 0. The van der Waals surface area contributed by atoms with Gasteiger partial charge in [-0.1, -0.05) is 71.1 Å². The van der Waals surface area contributed by atoms with Crippen LogP contribution >= 0.6 is 0 Å². The van der Waals surface area contributed by atoms with Crippen molar-refractivity contribution in [3.05, 3.63) is 0 Å². The molecule has 200 valence electrons. The summed E-state index contributed by atoms with van der Waals surface area (Å²) in [7, 11) is 1.09. The van der Waals surface area contributed by atoms with Crippen LogP contribution in [0, 0.1) is 0 Å². The fourth-order valence-electron chi connectivity index (χ4n) is 3.60. The smallest absolute Gasteiger partial charge is 0.283 e. The van der Waals surface area contributed by atoms with E-state index in [1.54, 1.807) is 21.1 Å². The fourth-order valence-corrected chi connectivity index (χ4v) is 4.52. The molecular weight excluding hydrogens is 448 g/mol. The summed E-state index contributed by atoms with van der Waals surface area (Å²) in [5.41, 5.74) is 0. The van der Waals surface area contributed by atoms with E-state index in [9.17, 15) is 22.9 Å². The van der Waals surface area contributed by atoms with Crippen molar-refractivity contribution in [1.82, 2.24) is 4.90 Å². The van der Waals surface area contributed by atoms with Crippen molar-refractivity contribution in [2.75, 3.05) is 54.0 Å². The van der Waals surface area contributed by atoms with Gasteiger partial charge in [-0.25, -0.2) is 0 Å². The van der Waals surface area contributed by atoms with E-state index in [1.165, 1.54) is 50.3 Å². The van der Waals surface area contributed by atoms with Gasteiger partial charge in [-0.3, -0.25) is 9.45 Å². The summed E-state index contributed by atoms with van der Waals surface area (Å²) in [5.74, 6) is -1.00. The summed E-state index contributed by atoms with van der Waals surface area (Å²) in [6.45, 7) is 3.53. The van der Waals surface area contributed by atoms with Gasteiger partial charge in [-0.2, -0.15) is 8.42 Å². The minimum absolute atomic E-state index is 0.0694. The number of carbonyl (C=O) groups is 1. The molecule has 0 fully saturated rings. The van der Waals surface area contributed by atoms with Gasteiger partial charge in [0.15, 0.2) is 0 Å². The van der Waals surface area contributed by atoms with E-state index in [-0.39, 0.29) is 32.8 Å². The first-order chi connectivity index (χ1) is 15.2.